The van der Waals surface area contributed by atoms with Crippen LogP contribution in [-0.4, -0.2) is 38.5 Å². The Labute approximate surface area is 173 Å². The van der Waals surface area contributed by atoms with Gasteiger partial charge in [0.15, 0.2) is 11.0 Å². The van der Waals surface area contributed by atoms with Crippen molar-refractivity contribution in [2.24, 2.45) is 0 Å². The van der Waals surface area contributed by atoms with Crippen LogP contribution in [-0.2, 0) is 0 Å². The van der Waals surface area contributed by atoms with Crippen LogP contribution in [0.5, 0.6) is 0 Å². The maximum atomic E-state index is 14.5. The summed E-state index contributed by atoms with van der Waals surface area (Å²) in [6.07, 6.45) is 3.22. The monoisotopic (exact) mass is 429 g/mol. The summed E-state index contributed by atoms with van der Waals surface area (Å²) in [4.78, 5) is 32.7. The maximum Gasteiger partial charge on any atom is 0.411 e. The molecular weight excluding hydrogens is 417 g/mol. The molecule has 1 aromatic carbocycles. The Kier molecular flexibility index (Phi) is 4.84. The topological polar surface area (TPSA) is 113 Å². The molecule has 3 heterocycles. The first-order valence-electron chi connectivity index (χ1n) is 8.50. The molecule has 152 valence electrons. The van der Waals surface area contributed by atoms with Crippen molar-refractivity contribution < 1.29 is 23.5 Å². The van der Waals surface area contributed by atoms with Crippen molar-refractivity contribution in [3.8, 4) is 11.3 Å². The maximum absolute atomic E-state index is 14.5. The van der Waals surface area contributed by atoms with E-state index in [1.807, 2.05) is 0 Å². The fourth-order valence-corrected chi connectivity index (χ4v) is 2.86. The van der Waals surface area contributed by atoms with Crippen molar-refractivity contribution in [2.75, 3.05) is 17.3 Å². The van der Waals surface area contributed by atoms with E-state index in [-0.39, 0.29) is 28.0 Å². The van der Waals surface area contributed by atoms with Gasteiger partial charge in [-0.05, 0) is 41.9 Å². The van der Waals surface area contributed by atoms with Gasteiger partial charge in [-0.1, -0.05) is 0 Å². The van der Waals surface area contributed by atoms with Gasteiger partial charge in [-0.3, -0.25) is 14.1 Å². The van der Waals surface area contributed by atoms with Crippen LogP contribution in [0.1, 0.15) is 10.6 Å². The summed E-state index contributed by atoms with van der Waals surface area (Å²) in [6, 6.07) is 6.87. The molecule has 30 heavy (non-hydrogen) atoms. The third-order valence-electron chi connectivity index (χ3n) is 4.27. The van der Waals surface area contributed by atoms with Gasteiger partial charge in [-0.15, -0.1) is 0 Å². The Morgan fingerprint density at radius 2 is 2.07 bits per heavy atom. The zero-order valence-corrected chi connectivity index (χ0v) is 16.1. The summed E-state index contributed by atoms with van der Waals surface area (Å²) in [5.74, 6) is -0.831. The number of carboxylic acid groups (broad SMARTS) is 1. The van der Waals surface area contributed by atoms with Gasteiger partial charge in [-0.25, -0.2) is 19.2 Å². The normalized spacial score (nSPS) is 10.9. The number of nitrogens with one attached hydrogen (secondary N) is 1. The number of hydrogen-bond donors (Lipinski definition) is 2. The number of furan rings is 1. The Hall–Kier alpha value is -3.92. The van der Waals surface area contributed by atoms with Crippen LogP contribution in [0.15, 0.2) is 53.3 Å². The molecule has 4 aromatic rings. The molecule has 0 aliphatic heterocycles. The molecule has 0 atom stereocenters. The van der Waals surface area contributed by atoms with E-state index in [0.29, 0.717) is 11.4 Å². The van der Waals surface area contributed by atoms with Crippen molar-refractivity contribution in [3.05, 3.63) is 65.7 Å². The molecule has 9 nitrogen and oxygen atoms in total. The average Bonchev–Trinajstić information content (AvgIpc) is 3.34. The molecule has 11 heteroatoms. The van der Waals surface area contributed by atoms with Crippen LogP contribution < -0.4 is 10.2 Å². The van der Waals surface area contributed by atoms with E-state index >= 15 is 0 Å². The lowest BCUT2D eigenvalue weighted by molar-refractivity contribution is 0.0996. The molecule has 0 fully saturated rings. The number of amides is 2. The Morgan fingerprint density at radius 1 is 1.27 bits per heavy atom. The number of carbonyl (C=O) groups is 2. The second-order valence-corrected chi connectivity index (χ2v) is 6.61. The summed E-state index contributed by atoms with van der Waals surface area (Å²) < 4.78 is 21.0. The highest BCUT2D eigenvalue weighted by atomic mass is 35.5. The summed E-state index contributed by atoms with van der Waals surface area (Å²) in [5, 5.41) is 11.8. The van der Waals surface area contributed by atoms with Crippen LogP contribution in [0.2, 0.25) is 5.22 Å². The molecule has 2 N–H and O–H groups in total. The zero-order valence-electron chi connectivity index (χ0n) is 15.3. The molecular formula is C19H13ClFN5O4. The van der Waals surface area contributed by atoms with Gasteiger partial charge in [0.2, 0.25) is 5.78 Å². The number of carbonyl (C=O) groups excluding carboxylic acids is 1. The van der Waals surface area contributed by atoms with E-state index in [1.165, 1.54) is 60.4 Å². The average molecular weight is 430 g/mol. The second-order valence-electron chi connectivity index (χ2n) is 6.24. The standard InChI is InChI=1S/C19H13ClFN5O4/c1-25(19(28)29)11-7-22-18-24-14(9-26(18)8-11)12-6-10(2-3-13(12)21)23-17(27)15-4-5-16(20)30-15/h2-9H,1H3,(H,23,27)(H,28,29). The van der Waals surface area contributed by atoms with Gasteiger partial charge in [0, 0.05) is 30.7 Å². The van der Waals surface area contributed by atoms with E-state index in [9.17, 15) is 14.0 Å². The predicted molar refractivity (Wildman–Crippen MR) is 106 cm³/mol. The third kappa shape index (κ3) is 3.67. The van der Waals surface area contributed by atoms with Crippen molar-refractivity contribution in [1.29, 1.82) is 0 Å². The highest BCUT2D eigenvalue weighted by molar-refractivity contribution is 6.29. The number of nitrogens with zero attached hydrogens (tertiary/aromatic N) is 4. The van der Waals surface area contributed by atoms with Gasteiger partial charge in [-0.2, -0.15) is 0 Å². The lowest BCUT2D eigenvalue weighted by Crippen LogP contribution is -2.24. The molecule has 0 aliphatic carbocycles. The van der Waals surface area contributed by atoms with Crippen LogP contribution in [0.4, 0.5) is 20.6 Å². The molecule has 0 spiro atoms. The van der Waals surface area contributed by atoms with E-state index in [2.05, 4.69) is 15.3 Å². The quantitative estimate of drug-likeness (QED) is 0.504. The number of halogens is 2. The summed E-state index contributed by atoms with van der Waals surface area (Å²) >= 11 is 5.67. The first kappa shape index (κ1) is 19.4. The van der Waals surface area contributed by atoms with Gasteiger partial charge < -0.3 is 14.8 Å². The van der Waals surface area contributed by atoms with Crippen molar-refractivity contribution in [2.45, 2.75) is 0 Å². The van der Waals surface area contributed by atoms with Gasteiger partial charge in [0.05, 0.1) is 17.6 Å². The first-order chi connectivity index (χ1) is 14.3. The van der Waals surface area contributed by atoms with Crippen LogP contribution >= 0.6 is 11.6 Å². The smallest absolute Gasteiger partial charge is 0.411 e. The number of fused-ring (bicyclic) bond motifs is 1. The van der Waals surface area contributed by atoms with Crippen LogP contribution in [0.3, 0.4) is 0 Å². The molecule has 0 saturated carbocycles. The third-order valence-corrected chi connectivity index (χ3v) is 4.47. The highest BCUT2D eigenvalue weighted by Gasteiger charge is 2.16. The fraction of sp³-hybridized carbons (Fsp3) is 0.0526. The number of benzene rings is 1. The number of anilines is 2. The summed E-state index contributed by atoms with van der Waals surface area (Å²) in [6.45, 7) is 0. The molecule has 0 bridgehead atoms. The number of aromatic nitrogens is 3. The van der Waals surface area contributed by atoms with Gasteiger partial charge in [0.1, 0.15) is 5.82 Å². The van der Waals surface area contributed by atoms with Gasteiger partial charge >= 0.3 is 6.09 Å². The molecule has 2 amide bonds. The fourth-order valence-electron chi connectivity index (χ4n) is 2.72. The highest BCUT2D eigenvalue weighted by Crippen LogP contribution is 2.27. The minimum atomic E-state index is -1.15. The van der Waals surface area contributed by atoms with E-state index in [4.69, 9.17) is 21.1 Å². The van der Waals surface area contributed by atoms with Gasteiger partial charge in [0.25, 0.3) is 5.91 Å². The summed E-state index contributed by atoms with van der Waals surface area (Å²) in [5.41, 5.74) is 1.02. The molecule has 0 unspecified atom stereocenters. The van der Waals surface area contributed by atoms with Crippen molar-refractivity contribution in [3.63, 3.8) is 0 Å². The number of rotatable bonds is 4. The molecule has 0 aliphatic rings. The minimum Gasteiger partial charge on any atom is -0.465 e. The Balaban J connectivity index is 1.66. The van der Waals surface area contributed by atoms with E-state index < -0.39 is 17.8 Å². The van der Waals surface area contributed by atoms with E-state index in [1.54, 1.807) is 0 Å². The summed E-state index contributed by atoms with van der Waals surface area (Å²) in [7, 11) is 1.38. The number of imidazole rings is 1. The second kappa shape index (κ2) is 7.48. The molecule has 0 radical (unpaired) electrons. The minimum absolute atomic E-state index is 0.0119. The lowest BCUT2D eigenvalue weighted by atomic mass is 10.1. The Bertz CT molecular complexity index is 1290. The Morgan fingerprint density at radius 3 is 2.77 bits per heavy atom. The number of hydrogen-bond acceptors (Lipinski definition) is 5. The molecule has 0 saturated heterocycles. The first-order valence-corrected chi connectivity index (χ1v) is 8.87. The van der Waals surface area contributed by atoms with Crippen LogP contribution in [0, 0.1) is 5.82 Å². The molecule has 4 rings (SSSR count). The predicted octanol–water partition coefficient (Wildman–Crippen LogP) is 4.15. The largest absolute Gasteiger partial charge is 0.465 e. The molecule has 3 aromatic heterocycles. The van der Waals surface area contributed by atoms with Crippen molar-refractivity contribution >= 4 is 40.8 Å². The SMILES string of the molecule is CN(C(=O)O)c1cnc2nc(-c3cc(NC(=O)c4ccc(Cl)o4)ccc3F)cn2c1. The van der Waals surface area contributed by atoms with Crippen LogP contribution in [0.25, 0.3) is 17.0 Å². The van der Waals surface area contributed by atoms with Crippen molar-refractivity contribution in [1.82, 2.24) is 14.4 Å². The zero-order chi connectivity index (χ0) is 21.4. The van der Waals surface area contributed by atoms with E-state index in [0.717, 1.165) is 4.90 Å². The lowest BCUT2D eigenvalue weighted by Gasteiger charge is -2.11.